The van der Waals surface area contributed by atoms with E-state index in [1.54, 1.807) is 48.8 Å². The number of aromatic hydroxyl groups is 1. The SMILES string of the molecule is C#Cc1cc(-c2ccnc(Nc3ccnc(Cl)c3)n2)ccc1O. The van der Waals surface area contributed by atoms with Gasteiger partial charge in [-0.25, -0.2) is 15.0 Å². The third-order valence-electron chi connectivity index (χ3n) is 3.09. The van der Waals surface area contributed by atoms with Crippen molar-refractivity contribution < 1.29 is 5.11 Å². The van der Waals surface area contributed by atoms with Crippen LogP contribution in [-0.2, 0) is 0 Å². The van der Waals surface area contributed by atoms with E-state index in [1.165, 1.54) is 0 Å². The fourth-order valence-electron chi connectivity index (χ4n) is 2.00. The number of halogens is 1. The maximum atomic E-state index is 9.65. The zero-order valence-corrected chi connectivity index (χ0v) is 12.6. The van der Waals surface area contributed by atoms with Gasteiger partial charge in [-0.15, -0.1) is 6.42 Å². The summed E-state index contributed by atoms with van der Waals surface area (Å²) in [7, 11) is 0. The molecule has 3 rings (SSSR count). The number of hydrogen-bond donors (Lipinski definition) is 2. The van der Waals surface area contributed by atoms with Crippen LogP contribution in [0, 0.1) is 12.3 Å². The third kappa shape index (κ3) is 3.39. The average Bonchev–Trinajstić information content (AvgIpc) is 2.55. The summed E-state index contributed by atoms with van der Waals surface area (Å²) in [5.74, 6) is 2.92. The number of nitrogens with zero attached hydrogens (tertiary/aromatic N) is 3. The summed E-state index contributed by atoms with van der Waals surface area (Å²) >= 11 is 5.85. The van der Waals surface area contributed by atoms with E-state index in [0.717, 1.165) is 11.3 Å². The monoisotopic (exact) mass is 322 g/mol. The number of terminal acetylenes is 1. The lowest BCUT2D eigenvalue weighted by molar-refractivity contribution is 0.474. The molecule has 6 heteroatoms. The summed E-state index contributed by atoms with van der Waals surface area (Å²) in [6.07, 6.45) is 8.60. The van der Waals surface area contributed by atoms with Crippen molar-refractivity contribution in [1.29, 1.82) is 0 Å². The molecule has 0 bridgehead atoms. The van der Waals surface area contributed by atoms with Crippen molar-refractivity contribution in [3.05, 3.63) is 59.5 Å². The second-order valence-electron chi connectivity index (χ2n) is 4.63. The van der Waals surface area contributed by atoms with Crippen LogP contribution in [-0.4, -0.2) is 20.1 Å². The number of pyridine rings is 1. The summed E-state index contributed by atoms with van der Waals surface area (Å²) in [6.45, 7) is 0. The highest BCUT2D eigenvalue weighted by molar-refractivity contribution is 6.29. The first-order valence-electron chi connectivity index (χ1n) is 6.67. The Hall–Kier alpha value is -3.10. The van der Waals surface area contributed by atoms with E-state index < -0.39 is 0 Å². The van der Waals surface area contributed by atoms with Gasteiger partial charge in [0.15, 0.2) is 0 Å². The summed E-state index contributed by atoms with van der Waals surface area (Å²) in [5.41, 5.74) is 2.61. The number of phenolic OH excluding ortho intramolecular Hbond substituents is 1. The smallest absolute Gasteiger partial charge is 0.227 e. The van der Waals surface area contributed by atoms with Crippen molar-refractivity contribution in [3.63, 3.8) is 0 Å². The molecule has 2 aromatic heterocycles. The van der Waals surface area contributed by atoms with Gasteiger partial charge in [-0.05, 0) is 36.4 Å². The summed E-state index contributed by atoms with van der Waals surface area (Å²) < 4.78 is 0. The zero-order chi connectivity index (χ0) is 16.2. The van der Waals surface area contributed by atoms with Gasteiger partial charge in [0, 0.05) is 23.6 Å². The van der Waals surface area contributed by atoms with E-state index in [4.69, 9.17) is 18.0 Å². The van der Waals surface area contributed by atoms with E-state index in [1.807, 2.05) is 0 Å². The van der Waals surface area contributed by atoms with Gasteiger partial charge in [-0.3, -0.25) is 0 Å². The lowest BCUT2D eigenvalue weighted by Crippen LogP contribution is -1.98. The van der Waals surface area contributed by atoms with Gasteiger partial charge < -0.3 is 10.4 Å². The second-order valence-corrected chi connectivity index (χ2v) is 5.02. The Bertz CT molecular complexity index is 905. The molecule has 0 aliphatic rings. The van der Waals surface area contributed by atoms with Crippen LogP contribution in [0.15, 0.2) is 48.8 Å². The Morgan fingerprint density at radius 2 is 1.91 bits per heavy atom. The molecule has 0 aliphatic carbocycles. The van der Waals surface area contributed by atoms with Crippen molar-refractivity contribution in [2.75, 3.05) is 5.32 Å². The van der Waals surface area contributed by atoms with Crippen LogP contribution in [0.1, 0.15) is 5.56 Å². The molecule has 0 amide bonds. The lowest BCUT2D eigenvalue weighted by Gasteiger charge is -2.07. The van der Waals surface area contributed by atoms with Crippen LogP contribution in [0.4, 0.5) is 11.6 Å². The highest BCUT2D eigenvalue weighted by Crippen LogP contribution is 2.25. The van der Waals surface area contributed by atoms with Crippen LogP contribution >= 0.6 is 11.6 Å². The molecule has 0 atom stereocenters. The molecule has 5 nitrogen and oxygen atoms in total. The summed E-state index contributed by atoms with van der Waals surface area (Å²) in [4.78, 5) is 12.5. The fraction of sp³-hybridized carbons (Fsp3) is 0. The van der Waals surface area contributed by atoms with Gasteiger partial charge in [-0.2, -0.15) is 0 Å². The van der Waals surface area contributed by atoms with Gasteiger partial charge in [0.25, 0.3) is 0 Å². The molecule has 0 spiro atoms. The molecular weight excluding hydrogens is 312 g/mol. The highest BCUT2D eigenvalue weighted by atomic mass is 35.5. The maximum Gasteiger partial charge on any atom is 0.227 e. The Labute approximate surface area is 138 Å². The zero-order valence-electron chi connectivity index (χ0n) is 11.9. The fourth-order valence-corrected chi connectivity index (χ4v) is 2.17. The number of rotatable bonds is 3. The number of aromatic nitrogens is 3. The summed E-state index contributed by atoms with van der Waals surface area (Å²) in [6, 6.07) is 10.2. The number of phenols is 1. The topological polar surface area (TPSA) is 70.9 Å². The number of nitrogens with one attached hydrogen (secondary N) is 1. The number of hydrogen-bond acceptors (Lipinski definition) is 5. The minimum Gasteiger partial charge on any atom is -0.507 e. The second kappa shape index (κ2) is 6.34. The molecule has 23 heavy (non-hydrogen) atoms. The molecule has 3 aromatic rings. The molecule has 0 saturated carbocycles. The highest BCUT2D eigenvalue weighted by Gasteiger charge is 2.06. The van der Waals surface area contributed by atoms with Crippen LogP contribution in [0.2, 0.25) is 5.15 Å². The molecule has 0 unspecified atom stereocenters. The Balaban J connectivity index is 1.92. The Morgan fingerprint density at radius 1 is 1.09 bits per heavy atom. The molecule has 1 aromatic carbocycles. The standard InChI is InChI=1S/C17H11ClN4O/c1-2-11-9-12(3-4-15(11)23)14-6-8-20-17(22-14)21-13-5-7-19-16(18)10-13/h1,3-10,23H,(H,19,20,21,22). The largest absolute Gasteiger partial charge is 0.507 e. The Morgan fingerprint density at radius 3 is 2.70 bits per heavy atom. The van der Waals surface area contributed by atoms with Crippen LogP contribution in [0.5, 0.6) is 5.75 Å². The van der Waals surface area contributed by atoms with Gasteiger partial charge in [0.2, 0.25) is 5.95 Å². The maximum absolute atomic E-state index is 9.65. The molecule has 2 heterocycles. The first-order valence-corrected chi connectivity index (χ1v) is 7.05. The minimum absolute atomic E-state index is 0.0649. The average molecular weight is 323 g/mol. The Kier molecular flexibility index (Phi) is 4.09. The summed E-state index contributed by atoms with van der Waals surface area (Å²) in [5, 5.41) is 13.1. The van der Waals surface area contributed by atoms with Crippen molar-refractivity contribution in [2.45, 2.75) is 0 Å². The molecule has 0 saturated heterocycles. The van der Waals surface area contributed by atoms with Gasteiger partial charge in [0.05, 0.1) is 11.3 Å². The van der Waals surface area contributed by atoms with E-state index in [-0.39, 0.29) is 5.75 Å². The number of anilines is 2. The molecule has 2 N–H and O–H groups in total. The predicted octanol–water partition coefficient (Wildman–Crippen LogP) is 3.62. The third-order valence-corrected chi connectivity index (χ3v) is 3.29. The predicted molar refractivity (Wildman–Crippen MR) is 89.6 cm³/mol. The van der Waals surface area contributed by atoms with Gasteiger partial charge in [-0.1, -0.05) is 17.5 Å². The van der Waals surface area contributed by atoms with Crippen molar-refractivity contribution in [3.8, 4) is 29.4 Å². The van der Waals surface area contributed by atoms with Gasteiger partial charge >= 0.3 is 0 Å². The molecule has 0 radical (unpaired) electrons. The van der Waals surface area contributed by atoms with E-state index in [0.29, 0.717) is 22.4 Å². The molecule has 112 valence electrons. The number of benzene rings is 1. The first-order chi connectivity index (χ1) is 11.2. The molecule has 0 fully saturated rings. The normalized spacial score (nSPS) is 10.1. The van der Waals surface area contributed by atoms with Crippen molar-refractivity contribution in [1.82, 2.24) is 15.0 Å². The minimum atomic E-state index is 0.0649. The van der Waals surface area contributed by atoms with Crippen LogP contribution < -0.4 is 5.32 Å². The van der Waals surface area contributed by atoms with Crippen LogP contribution in [0.3, 0.4) is 0 Å². The van der Waals surface area contributed by atoms with E-state index >= 15 is 0 Å². The van der Waals surface area contributed by atoms with Crippen molar-refractivity contribution in [2.24, 2.45) is 0 Å². The quantitative estimate of drug-likeness (QED) is 0.569. The van der Waals surface area contributed by atoms with Crippen molar-refractivity contribution >= 4 is 23.2 Å². The van der Waals surface area contributed by atoms with Gasteiger partial charge in [0.1, 0.15) is 10.9 Å². The van der Waals surface area contributed by atoms with Crippen LogP contribution in [0.25, 0.3) is 11.3 Å². The first kappa shape index (κ1) is 14.8. The van der Waals surface area contributed by atoms with E-state index in [9.17, 15) is 5.11 Å². The lowest BCUT2D eigenvalue weighted by atomic mass is 10.1. The molecule has 0 aliphatic heterocycles. The molecular formula is C17H11ClN4O. The van der Waals surface area contributed by atoms with E-state index in [2.05, 4.69) is 26.2 Å².